The number of rotatable bonds is 9. The van der Waals surface area contributed by atoms with E-state index in [1.165, 1.54) is 0 Å². The van der Waals surface area contributed by atoms with Crippen molar-refractivity contribution in [2.45, 2.75) is 50.5 Å². The van der Waals surface area contributed by atoms with Gasteiger partial charge in [0.1, 0.15) is 0 Å². The zero-order valence-corrected chi connectivity index (χ0v) is 20.1. The maximum absolute atomic E-state index is 12.6. The van der Waals surface area contributed by atoms with Crippen LogP contribution in [0.1, 0.15) is 45.6 Å². The van der Waals surface area contributed by atoms with E-state index in [4.69, 9.17) is 5.90 Å². The van der Waals surface area contributed by atoms with Gasteiger partial charge in [0.2, 0.25) is 0 Å². The Morgan fingerprint density at radius 1 is 0.812 bits per heavy atom. The summed E-state index contributed by atoms with van der Waals surface area (Å²) >= 11 is 0. The summed E-state index contributed by atoms with van der Waals surface area (Å²) in [6.45, 7) is 6.16. The maximum atomic E-state index is 12.6. The third-order valence-corrected chi connectivity index (χ3v) is 11.4. The van der Waals surface area contributed by atoms with E-state index in [1.54, 1.807) is 0 Å². The Hall–Kier alpha value is -2.73. The van der Waals surface area contributed by atoms with Crippen molar-refractivity contribution in [2.24, 2.45) is 5.90 Å². The first-order valence-corrected chi connectivity index (χ1v) is 13.0. The highest BCUT2D eigenvalue weighted by Gasteiger charge is 2.50. The molecule has 0 bridgehead atoms. The fourth-order valence-corrected chi connectivity index (χ4v) is 8.46. The fourth-order valence-electron chi connectivity index (χ4n) is 4.67. The predicted octanol–water partition coefficient (Wildman–Crippen LogP) is 4.06. The molecule has 32 heavy (non-hydrogen) atoms. The van der Waals surface area contributed by atoms with Gasteiger partial charge in [-0.3, -0.25) is 0 Å². The molecular formula is C27H33NO3Si. The molecule has 0 radical (unpaired) electrons. The number of benzene rings is 3. The zero-order valence-electron chi connectivity index (χ0n) is 19.1. The molecule has 3 aromatic rings. The predicted molar refractivity (Wildman–Crippen MR) is 132 cm³/mol. The molecule has 0 saturated heterocycles. The van der Waals surface area contributed by atoms with E-state index in [9.17, 15) is 9.59 Å². The average Bonchev–Trinajstić information content (AvgIpc) is 2.84. The summed E-state index contributed by atoms with van der Waals surface area (Å²) in [5, 5.41) is 1.60. The van der Waals surface area contributed by atoms with Crippen molar-refractivity contribution in [1.29, 1.82) is 0 Å². The molecule has 1 atom stereocenters. The first kappa shape index (κ1) is 23.9. The molecule has 0 aliphatic carbocycles. The molecule has 3 rings (SSSR count). The van der Waals surface area contributed by atoms with Crippen molar-refractivity contribution < 1.29 is 14.4 Å². The van der Waals surface area contributed by atoms with Gasteiger partial charge in [0, 0.05) is 0 Å². The fraction of sp³-hybridized carbons (Fsp3) is 0.296. The first-order chi connectivity index (χ1) is 15.3. The lowest BCUT2D eigenvalue weighted by molar-refractivity contribution is -0.151. The zero-order chi connectivity index (χ0) is 23.2. The van der Waals surface area contributed by atoms with Crippen molar-refractivity contribution in [1.82, 2.24) is 0 Å². The number of carbonyl (C=O) groups is 1. The molecule has 0 fully saturated rings. The van der Waals surface area contributed by atoms with E-state index >= 15 is 0 Å². The molecule has 5 heteroatoms. The van der Waals surface area contributed by atoms with Crippen molar-refractivity contribution >= 4 is 24.7 Å². The third-order valence-electron chi connectivity index (χ3n) is 6.81. The molecular weight excluding hydrogens is 414 g/mol. The van der Waals surface area contributed by atoms with Gasteiger partial charge < -0.3 is 9.63 Å². The number of nitrogens with two attached hydrogens (primary N) is 1. The summed E-state index contributed by atoms with van der Waals surface area (Å²) in [7, 11) is -3.08. The molecule has 4 nitrogen and oxygen atoms in total. The van der Waals surface area contributed by atoms with Crippen LogP contribution in [0.3, 0.4) is 0 Å². The minimum atomic E-state index is -3.08. The molecule has 0 spiro atoms. The van der Waals surface area contributed by atoms with Crippen molar-refractivity contribution in [3.63, 3.8) is 0 Å². The van der Waals surface area contributed by atoms with Gasteiger partial charge in [0.05, 0.1) is 5.41 Å². The van der Waals surface area contributed by atoms with Crippen LogP contribution in [-0.4, -0.2) is 19.1 Å². The molecule has 0 aromatic heterocycles. The maximum Gasteiger partial charge on any atom is 0.334 e. The van der Waals surface area contributed by atoms with Crippen LogP contribution in [0.15, 0.2) is 91.0 Å². The van der Waals surface area contributed by atoms with Crippen molar-refractivity contribution in [2.75, 3.05) is 0 Å². The van der Waals surface area contributed by atoms with Crippen LogP contribution >= 0.6 is 0 Å². The second-order valence-corrected chi connectivity index (χ2v) is 13.2. The van der Waals surface area contributed by atoms with Crippen LogP contribution < -0.4 is 16.3 Å². The average molecular weight is 448 g/mol. The van der Waals surface area contributed by atoms with Gasteiger partial charge in [-0.25, -0.2) is 4.79 Å². The Kier molecular flexibility index (Phi) is 7.34. The lowest BCUT2D eigenvalue weighted by atomic mass is 9.77. The minimum absolute atomic E-state index is 0.375. The third kappa shape index (κ3) is 4.55. The normalized spacial score (nSPS) is 13.9. The Bertz CT molecular complexity index is 969. The van der Waals surface area contributed by atoms with Gasteiger partial charge >= 0.3 is 5.97 Å². The summed E-state index contributed by atoms with van der Waals surface area (Å²) in [6, 6.07) is 29.6. The molecule has 0 saturated carbocycles. The summed E-state index contributed by atoms with van der Waals surface area (Å²) < 4.78 is 0. The quantitative estimate of drug-likeness (QED) is 0.383. The summed E-state index contributed by atoms with van der Waals surface area (Å²) in [6.07, 6.45) is 2.06. The Labute approximate surface area is 192 Å². The molecule has 0 aliphatic heterocycles. The minimum Gasteiger partial charge on any atom is -0.424 e. The lowest BCUT2D eigenvalue weighted by Crippen LogP contribution is -2.65. The van der Waals surface area contributed by atoms with Gasteiger partial charge in [0.25, 0.3) is 8.32 Å². The number of hydrogen-bond acceptors (Lipinski definition) is 4. The van der Waals surface area contributed by atoms with Crippen LogP contribution in [0.25, 0.3) is 0 Å². The Balaban J connectivity index is 1.90. The van der Waals surface area contributed by atoms with E-state index in [0.717, 1.165) is 28.8 Å². The highest BCUT2D eigenvalue weighted by Crippen LogP contribution is 2.42. The second-order valence-electron chi connectivity index (χ2n) is 9.28. The number of hydrogen-bond donors (Lipinski definition) is 2. The summed E-state index contributed by atoms with van der Waals surface area (Å²) in [5.41, 5.74) is 0.0394. The standard InChI is InChI=1S/C27H33NO3Si/c1-26(2,20-13-21-27(3,25(29)31-28)22-14-7-4-8-15-22)32(30,23-16-9-5-10-17-23)24-18-11-6-12-19-24/h4-12,14-19,30H,13,20-21,28H2,1-3H3. The van der Waals surface area contributed by atoms with E-state index in [1.807, 2.05) is 97.9 Å². The highest BCUT2D eigenvalue weighted by atomic mass is 28.4. The Morgan fingerprint density at radius 2 is 1.25 bits per heavy atom. The number of carbonyl (C=O) groups excluding carboxylic acids is 1. The smallest absolute Gasteiger partial charge is 0.334 e. The largest absolute Gasteiger partial charge is 0.424 e. The van der Waals surface area contributed by atoms with E-state index in [-0.39, 0.29) is 5.04 Å². The molecule has 3 aromatic carbocycles. The van der Waals surface area contributed by atoms with E-state index in [2.05, 4.69) is 18.7 Å². The Morgan fingerprint density at radius 3 is 1.69 bits per heavy atom. The van der Waals surface area contributed by atoms with Gasteiger partial charge in [-0.05, 0) is 40.7 Å². The molecule has 0 amide bonds. The molecule has 0 aliphatic rings. The second kappa shape index (κ2) is 9.82. The van der Waals surface area contributed by atoms with Crippen LogP contribution in [0, 0.1) is 0 Å². The monoisotopic (exact) mass is 447 g/mol. The molecule has 3 N–H and O–H groups in total. The van der Waals surface area contributed by atoms with Crippen molar-refractivity contribution in [3.8, 4) is 0 Å². The van der Waals surface area contributed by atoms with Gasteiger partial charge in [-0.15, -0.1) is 0 Å². The van der Waals surface area contributed by atoms with Gasteiger partial charge in [-0.1, -0.05) is 111 Å². The van der Waals surface area contributed by atoms with Gasteiger partial charge in [-0.2, -0.15) is 5.90 Å². The summed E-state index contributed by atoms with van der Waals surface area (Å²) in [4.78, 5) is 29.6. The van der Waals surface area contributed by atoms with E-state index < -0.39 is 19.7 Å². The van der Waals surface area contributed by atoms with Crippen LogP contribution in [0.4, 0.5) is 0 Å². The van der Waals surface area contributed by atoms with Crippen molar-refractivity contribution in [3.05, 3.63) is 96.6 Å². The SMILES string of the molecule is CC(CCCC(C)(C)[Si](O)(c1ccccc1)c1ccccc1)(C(=O)ON)c1ccccc1. The van der Waals surface area contributed by atoms with Crippen LogP contribution in [-0.2, 0) is 15.0 Å². The summed E-state index contributed by atoms with van der Waals surface area (Å²) in [5.74, 6) is 4.85. The topological polar surface area (TPSA) is 72.5 Å². The van der Waals surface area contributed by atoms with Crippen LogP contribution in [0.5, 0.6) is 0 Å². The highest BCUT2D eigenvalue weighted by molar-refractivity contribution is 6.98. The lowest BCUT2D eigenvalue weighted by Gasteiger charge is -2.42. The van der Waals surface area contributed by atoms with Gasteiger partial charge in [0.15, 0.2) is 0 Å². The van der Waals surface area contributed by atoms with E-state index in [0.29, 0.717) is 6.42 Å². The molecule has 0 heterocycles. The molecule has 168 valence electrons. The van der Waals surface area contributed by atoms with Crippen LogP contribution in [0.2, 0.25) is 5.04 Å². The first-order valence-electron chi connectivity index (χ1n) is 11.1. The molecule has 1 unspecified atom stereocenters.